The van der Waals surface area contributed by atoms with E-state index in [0.29, 0.717) is 47.9 Å². The van der Waals surface area contributed by atoms with Crippen molar-refractivity contribution in [1.29, 1.82) is 5.26 Å². The van der Waals surface area contributed by atoms with Crippen molar-refractivity contribution >= 4 is 40.2 Å². The Labute approximate surface area is 227 Å². The second-order valence-electron chi connectivity index (χ2n) is 11.0. The smallest absolute Gasteiger partial charge is 0.271 e. The minimum Gasteiger partial charge on any atom is -0.497 e. The normalized spacial score (nSPS) is 23.6. The number of aromatic amines is 1. The summed E-state index contributed by atoms with van der Waals surface area (Å²) in [5.74, 6) is -0.376. The molecule has 3 aliphatic rings. The predicted molar refractivity (Wildman–Crippen MR) is 143 cm³/mol. The van der Waals surface area contributed by atoms with Gasteiger partial charge in [-0.1, -0.05) is 30.9 Å². The Morgan fingerprint density at radius 1 is 1.26 bits per heavy atom. The first-order valence-electron chi connectivity index (χ1n) is 13.5. The van der Waals surface area contributed by atoms with E-state index in [0.717, 1.165) is 43.9 Å². The molecule has 3 atom stereocenters. The van der Waals surface area contributed by atoms with Crippen molar-refractivity contribution in [2.75, 3.05) is 20.2 Å². The van der Waals surface area contributed by atoms with Gasteiger partial charge in [0.05, 0.1) is 23.7 Å². The number of H-pyrrole nitrogens is 1. The van der Waals surface area contributed by atoms with Gasteiger partial charge in [-0.2, -0.15) is 5.26 Å². The van der Waals surface area contributed by atoms with Crippen LogP contribution in [0.2, 0.25) is 5.02 Å². The van der Waals surface area contributed by atoms with Crippen LogP contribution < -0.4 is 15.4 Å². The van der Waals surface area contributed by atoms with Gasteiger partial charge in [0.25, 0.3) is 5.91 Å². The van der Waals surface area contributed by atoms with Crippen LogP contribution in [-0.2, 0) is 9.59 Å². The molecular weight excluding hydrogens is 506 g/mol. The first-order chi connectivity index (χ1) is 18.3. The molecule has 5 rings (SSSR count). The predicted octanol–water partition coefficient (Wildman–Crippen LogP) is 3.92. The van der Waals surface area contributed by atoms with Crippen LogP contribution in [-0.4, -0.2) is 59.9 Å². The molecule has 38 heavy (non-hydrogen) atoms. The summed E-state index contributed by atoms with van der Waals surface area (Å²) in [4.78, 5) is 44.5. The molecule has 3 heterocycles. The lowest BCUT2D eigenvalue weighted by Gasteiger charge is -2.32. The van der Waals surface area contributed by atoms with Gasteiger partial charge in [-0.05, 0) is 56.1 Å². The summed E-state index contributed by atoms with van der Waals surface area (Å²) in [6, 6.07) is 5.91. The molecule has 2 aromatic rings. The van der Waals surface area contributed by atoms with Crippen molar-refractivity contribution in [3.63, 3.8) is 0 Å². The van der Waals surface area contributed by atoms with E-state index in [1.807, 2.05) is 6.07 Å². The van der Waals surface area contributed by atoms with Crippen molar-refractivity contribution in [2.24, 2.45) is 11.3 Å². The fourth-order valence-electron chi connectivity index (χ4n) is 6.49. The first-order valence-corrected chi connectivity index (χ1v) is 13.9. The van der Waals surface area contributed by atoms with Crippen molar-refractivity contribution in [2.45, 2.75) is 69.9 Å². The van der Waals surface area contributed by atoms with Gasteiger partial charge >= 0.3 is 0 Å². The highest BCUT2D eigenvalue weighted by Crippen LogP contribution is 2.47. The summed E-state index contributed by atoms with van der Waals surface area (Å²) in [6.07, 6.45) is 7.66. The summed E-state index contributed by atoms with van der Waals surface area (Å²) in [5, 5.41) is 16.7. The number of nitrogens with zero attached hydrogens (tertiary/aromatic N) is 2. The Hall–Kier alpha value is -3.25. The lowest BCUT2D eigenvalue weighted by Crippen LogP contribution is -2.49. The van der Waals surface area contributed by atoms with Crippen molar-refractivity contribution in [3.05, 3.63) is 28.9 Å². The third kappa shape index (κ3) is 5.19. The van der Waals surface area contributed by atoms with E-state index >= 15 is 0 Å². The topological polar surface area (TPSA) is 127 Å². The van der Waals surface area contributed by atoms with Crippen LogP contribution in [0.4, 0.5) is 0 Å². The number of benzene rings is 1. The molecule has 9 nitrogen and oxygen atoms in total. The zero-order valence-corrected chi connectivity index (χ0v) is 22.4. The van der Waals surface area contributed by atoms with Gasteiger partial charge in [0.15, 0.2) is 0 Å². The van der Waals surface area contributed by atoms with E-state index in [-0.39, 0.29) is 35.5 Å². The van der Waals surface area contributed by atoms with E-state index in [2.05, 4.69) is 21.7 Å². The molecule has 1 aromatic carbocycles. The molecule has 1 spiro atoms. The van der Waals surface area contributed by atoms with Gasteiger partial charge in [0.1, 0.15) is 23.5 Å². The summed E-state index contributed by atoms with van der Waals surface area (Å²) < 4.78 is 5.31. The van der Waals surface area contributed by atoms with Crippen LogP contribution in [0.15, 0.2) is 18.2 Å². The number of nitrogens with one attached hydrogen (secondary N) is 3. The van der Waals surface area contributed by atoms with E-state index < -0.39 is 12.1 Å². The number of ether oxygens (including phenoxy) is 1. The Balaban J connectivity index is 1.38. The van der Waals surface area contributed by atoms with Crippen LogP contribution in [0, 0.1) is 22.7 Å². The minimum absolute atomic E-state index is 0.0707. The number of likely N-dealkylation sites (tertiary alicyclic amines) is 1. The molecule has 2 aliphatic heterocycles. The monoisotopic (exact) mass is 539 g/mol. The molecular formula is C28H34ClN5O4. The zero-order valence-electron chi connectivity index (χ0n) is 21.6. The van der Waals surface area contributed by atoms with Gasteiger partial charge in [0.2, 0.25) is 11.8 Å². The zero-order chi connectivity index (χ0) is 26.9. The average molecular weight is 540 g/mol. The van der Waals surface area contributed by atoms with Gasteiger partial charge in [-0.15, -0.1) is 0 Å². The van der Waals surface area contributed by atoms with Crippen LogP contribution in [0.5, 0.6) is 5.75 Å². The highest BCUT2D eigenvalue weighted by Gasteiger charge is 2.49. The minimum atomic E-state index is -0.796. The van der Waals surface area contributed by atoms with Crippen LogP contribution in [0.1, 0.15) is 68.3 Å². The number of fused-ring (bicyclic) bond motifs is 1. The largest absolute Gasteiger partial charge is 0.497 e. The molecule has 3 fully saturated rings. The lowest BCUT2D eigenvalue weighted by atomic mass is 9.72. The maximum atomic E-state index is 13.9. The summed E-state index contributed by atoms with van der Waals surface area (Å²) in [5.41, 5.74) is 0.893. The third-order valence-corrected chi connectivity index (χ3v) is 8.80. The molecule has 3 amide bonds. The number of carbonyl (C=O) groups excluding carboxylic acids is 3. The molecule has 0 bridgehead atoms. The van der Waals surface area contributed by atoms with Crippen LogP contribution >= 0.6 is 11.6 Å². The molecule has 0 radical (unpaired) electrons. The van der Waals surface area contributed by atoms with Gasteiger partial charge in [-0.25, -0.2) is 0 Å². The number of methoxy groups -OCH3 is 1. The highest BCUT2D eigenvalue weighted by atomic mass is 35.5. The maximum absolute atomic E-state index is 13.9. The van der Waals surface area contributed by atoms with Gasteiger partial charge < -0.3 is 25.3 Å². The van der Waals surface area contributed by atoms with Crippen LogP contribution in [0.25, 0.3) is 10.9 Å². The summed E-state index contributed by atoms with van der Waals surface area (Å²) in [7, 11) is 1.56. The fourth-order valence-corrected chi connectivity index (χ4v) is 6.75. The number of halogens is 1. The van der Waals surface area contributed by atoms with Crippen molar-refractivity contribution < 1.29 is 19.1 Å². The average Bonchev–Trinajstić information content (AvgIpc) is 3.52. The molecule has 2 saturated heterocycles. The second-order valence-corrected chi connectivity index (χ2v) is 11.4. The van der Waals surface area contributed by atoms with E-state index in [9.17, 15) is 19.6 Å². The molecule has 10 heteroatoms. The number of hydrogen-bond donors (Lipinski definition) is 3. The standard InChI is InChI=1S/C28H34ClN5O4/c1-38-20-11-18-12-22(33-24(18)21(29)13-20)27(37)34-16-28(7-3-2-4-8-28)14-23(34)26(36)32-19(15-30)10-17-6-5-9-31-25(17)35/h11-13,17,19,23,33H,2-10,14,16H2,1H3,(H,31,35)(H,32,36)/t17-,19-,23?/m0/s1. The second kappa shape index (κ2) is 10.9. The molecule has 1 saturated carbocycles. The molecule has 1 aromatic heterocycles. The lowest BCUT2D eigenvalue weighted by molar-refractivity contribution is -0.128. The number of aromatic nitrogens is 1. The molecule has 1 unspecified atom stereocenters. The van der Waals surface area contributed by atoms with E-state index in [4.69, 9.17) is 16.3 Å². The number of nitriles is 1. The number of hydrogen-bond acceptors (Lipinski definition) is 5. The Morgan fingerprint density at radius 2 is 2.05 bits per heavy atom. The number of rotatable bonds is 6. The highest BCUT2D eigenvalue weighted by molar-refractivity contribution is 6.35. The van der Waals surface area contributed by atoms with E-state index in [1.165, 1.54) is 0 Å². The third-order valence-electron chi connectivity index (χ3n) is 8.50. The van der Waals surface area contributed by atoms with E-state index in [1.54, 1.807) is 24.1 Å². The number of carbonyl (C=O) groups is 3. The van der Waals surface area contributed by atoms with Crippen LogP contribution in [0.3, 0.4) is 0 Å². The Kier molecular flexibility index (Phi) is 7.53. The molecule has 3 N–H and O–H groups in total. The Bertz CT molecular complexity index is 1280. The maximum Gasteiger partial charge on any atom is 0.271 e. The summed E-state index contributed by atoms with van der Waals surface area (Å²) in [6.45, 7) is 1.14. The number of piperidine rings is 1. The van der Waals surface area contributed by atoms with Crippen molar-refractivity contribution in [1.82, 2.24) is 20.5 Å². The SMILES string of the molecule is COc1cc(Cl)c2[nH]c(C(=O)N3CC4(CCCCC4)CC3C(=O)N[C@H](C#N)C[C@@H]3CCCNC3=O)cc2c1. The summed E-state index contributed by atoms with van der Waals surface area (Å²) >= 11 is 6.42. The van der Waals surface area contributed by atoms with Gasteiger partial charge in [0, 0.05) is 30.5 Å². The Morgan fingerprint density at radius 3 is 2.76 bits per heavy atom. The van der Waals surface area contributed by atoms with Gasteiger partial charge in [-0.3, -0.25) is 14.4 Å². The first kappa shape index (κ1) is 26.4. The molecule has 202 valence electrons. The molecule has 1 aliphatic carbocycles. The fraction of sp³-hybridized carbons (Fsp3) is 0.571. The quantitative estimate of drug-likeness (QED) is 0.512. The van der Waals surface area contributed by atoms with Crippen molar-refractivity contribution in [3.8, 4) is 11.8 Å². The number of amides is 3.